The number of piperidine rings is 1. The lowest BCUT2D eigenvalue weighted by atomic mass is 9.91. The minimum Gasteiger partial charge on any atom is -0.383 e. The second-order valence-electron chi connectivity index (χ2n) is 6.19. The van der Waals surface area contributed by atoms with E-state index in [9.17, 15) is 18.3 Å². The fourth-order valence-corrected chi connectivity index (χ4v) is 3.09. The predicted octanol–water partition coefficient (Wildman–Crippen LogP) is 3.01. The highest BCUT2D eigenvalue weighted by Gasteiger charge is 2.44. The molecule has 3 rings (SSSR count). The number of aromatic nitrogens is 2. The average molecular weight is 339 g/mol. The standard InChI is InChI=1S/C17H20F3N3O/c18-17(19,20)16(24)13-6-9-22(10-7-13)12-14-8-11-23(21-14)15-4-2-1-3-5-15/h1-5,8,11,13,16,24H,6-7,9-10,12H2. The Morgan fingerprint density at radius 3 is 2.42 bits per heavy atom. The van der Waals surface area contributed by atoms with Crippen LogP contribution in [-0.4, -0.2) is 45.2 Å². The topological polar surface area (TPSA) is 41.3 Å². The minimum absolute atomic E-state index is 0.347. The summed E-state index contributed by atoms with van der Waals surface area (Å²) in [6.07, 6.45) is -4.16. The largest absolute Gasteiger partial charge is 0.414 e. The molecule has 130 valence electrons. The minimum atomic E-state index is -4.53. The van der Waals surface area contributed by atoms with Crippen molar-refractivity contribution in [3.8, 4) is 5.69 Å². The number of aliphatic hydroxyl groups is 1. The summed E-state index contributed by atoms with van der Waals surface area (Å²) in [6, 6.07) is 11.7. The first-order valence-electron chi connectivity index (χ1n) is 8.00. The monoisotopic (exact) mass is 339 g/mol. The quantitative estimate of drug-likeness (QED) is 0.931. The summed E-state index contributed by atoms with van der Waals surface area (Å²) in [5.41, 5.74) is 1.85. The number of rotatable bonds is 4. The van der Waals surface area contributed by atoms with Gasteiger partial charge >= 0.3 is 6.18 Å². The third-order valence-electron chi connectivity index (χ3n) is 4.46. The molecule has 7 heteroatoms. The van der Waals surface area contributed by atoms with Crippen molar-refractivity contribution in [1.29, 1.82) is 0 Å². The molecule has 2 aromatic rings. The van der Waals surface area contributed by atoms with Crippen LogP contribution >= 0.6 is 0 Å². The third kappa shape index (κ3) is 3.96. The Morgan fingerprint density at radius 1 is 1.12 bits per heavy atom. The Labute approximate surface area is 138 Å². The van der Waals surface area contributed by atoms with Crippen molar-refractivity contribution in [3.05, 3.63) is 48.3 Å². The van der Waals surface area contributed by atoms with E-state index in [4.69, 9.17) is 0 Å². The molecule has 0 bridgehead atoms. The molecule has 1 fully saturated rings. The molecule has 1 aromatic carbocycles. The zero-order chi connectivity index (χ0) is 17.2. The lowest BCUT2D eigenvalue weighted by molar-refractivity contribution is -0.223. The summed E-state index contributed by atoms with van der Waals surface area (Å²) < 4.78 is 39.5. The van der Waals surface area contributed by atoms with Crippen molar-refractivity contribution in [2.24, 2.45) is 5.92 Å². The Balaban J connectivity index is 1.55. The fourth-order valence-electron chi connectivity index (χ4n) is 3.09. The Hall–Kier alpha value is -1.86. The molecule has 1 aromatic heterocycles. The van der Waals surface area contributed by atoms with Gasteiger partial charge in [-0.15, -0.1) is 0 Å². The summed E-state index contributed by atoms with van der Waals surface area (Å²) >= 11 is 0. The van der Waals surface area contributed by atoms with Crippen LogP contribution in [0.4, 0.5) is 13.2 Å². The van der Waals surface area contributed by atoms with Crippen molar-refractivity contribution in [1.82, 2.24) is 14.7 Å². The van der Waals surface area contributed by atoms with Gasteiger partial charge < -0.3 is 5.11 Å². The first kappa shape index (κ1) is 17.0. The molecule has 1 N–H and O–H groups in total. The molecule has 0 saturated carbocycles. The van der Waals surface area contributed by atoms with E-state index in [1.54, 1.807) is 4.68 Å². The first-order chi connectivity index (χ1) is 11.4. The van der Waals surface area contributed by atoms with Gasteiger partial charge in [0.25, 0.3) is 0 Å². The highest BCUT2D eigenvalue weighted by atomic mass is 19.4. The Morgan fingerprint density at radius 2 is 1.79 bits per heavy atom. The number of alkyl halides is 3. The number of likely N-dealkylation sites (tertiary alicyclic amines) is 1. The zero-order valence-corrected chi connectivity index (χ0v) is 13.2. The fraction of sp³-hybridized carbons (Fsp3) is 0.471. The van der Waals surface area contributed by atoms with Gasteiger partial charge in [0.05, 0.1) is 11.4 Å². The number of benzene rings is 1. The molecule has 0 aliphatic carbocycles. The second-order valence-corrected chi connectivity index (χ2v) is 6.19. The van der Waals surface area contributed by atoms with Gasteiger partial charge in [-0.2, -0.15) is 18.3 Å². The van der Waals surface area contributed by atoms with Crippen LogP contribution in [0.3, 0.4) is 0 Å². The van der Waals surface area contributed by atoms with Crippen molar-refractivity contribution in [3.63, 3.8) is 0 Å². The molecule has 1 atom stereocenters. The number of nitrogens with zero attached hydrogens (tertiary/aromatic N) is 3. The van der Waals surface area contributed by atoms with Crippen LogP contribution in [0, 0.1) is 5.92 Å². The number of hydrogen-bond donors (Lipinski definition) is 1. The van der Waals surface area contributed by atoms with Crippen LogP contribution in [-0.2, 0) is 6.54 Å². The van der Waals surface area contributed by atoms with Gasteiger partial charge in [0.1, 0.15) is 0 Å². The van der Waals surface area contributed by atoms with E-state index < -0.39 is 18.2 Å². The normalized spacial score (nSPS) is 18.7. The second kappa shape index (κ2) is 6.94. The van der Waals surface area contributed by atoms with Crippen LogP contribution in [0.15, 0.2) is 42.6 Å². The summed E-state index contributed by atoms with van der Waals surface area (Å²) in [5, 5.41) is 13.9. The lowest BCUT2D eigenvalue weighted by Gasteiger charge is -2.34. The SMILES string of the molecule is OC(C1CCN(Cc2ccn(-c3ccccc3)n2)CC1)C(F)(F)F. The zero-order valence-electron chi connectivity index (χ0n) is 13.2. The molecule has 0 radical (unpaired) electrons. The molecule has 1 saturated heterocycles. The molecular weight excluding hydrogens is 319 g/mol. The van der Waals surface area contributed by atoms with Gasteiger partial charge in [-0.05, 0) is 50.0 Å². The maximum Gasteiger partial charge on any atom is 0.414 e. The van der Waals surface area contributed by atoms with Crippen molar-refractivity contribution < 1.29 is 18.3 Å². The van der Waals surface area contributed by atoms with E-state index >= 15 is 0 Å². The van der Waals surface area contributed by atoms with Gasteiger partial charge in [-0.3, -0.25) is 4.90 Å². The molecule has 1 unspecified atom stereocenters. The van der Waals surface area contributed by atoms with Gasteiger partial charge in [0, 0.05) is 12.7 Å². The van der Waals surface area contributed by atoms with Crippen molar-refractivity contribution in [2.45, 2.75) is 31.7 Å². The van der Waals surface area contributed by atoms with Gasteiger partial charge in [0.2, 0.25) is 0 Å². The number of aliphatic hydroxyl groups excluding tert-OH is 1. The molecule has 0 amide bonds. The summed E-state index contributed by atoms with van der Waals surface area (Å²) in [5.74, 6) is -0.705. The highest BCUT2D eigenvalue weighted by molar-refractivity contribution is 5.30. The van der Waals surface area contributed by atoms with Crippen LogP contribution < -0.4 is 0 Å². The van der Waals surface area contributed by atoms with Crippen molar-refractivity contribution >= 4 is 0 Å². The van der Waals surface area contributed by atoms with E-state index in [-0.39, 0.29) is 0 Å². The average Bonchev–Trinajstić information content (AvgIpc) is 3.03. The smallest absolute Gasteiger partial charge is 0.383 e. The van der Waals surface area contributed by atoms with Crippen LogP contribution in [0.5, 0.6) is 0 Å². The lowest BCUT2D eigenvalue weighted by Crippen LogP contribution is -2.43. The van der Waals surface area contributed by atoms with Gasteiger partial charge in [-0.25, -0.2) is 4.68 Å². The maximum atomic E-state index is 12.6. The van der Waals surface area contributed by atoms with E-state index in [1.165, 1.54) is 0 Å². The number of para-hydroxylation sites is 1. The van der Waals surface area contributed by atoms with Crippen LogP contribution in [0.25, 0.3) is 5.69 Å². The summed E-state index contributed by atoms with van der Waals surface area (Å²) in [6.45, 7) is 1.68. The molecule has 1 aliphatic heterocycles. The number of halogens is 3. The van der Waals surface area contributed by atoms with Crippen LogP contribution in [0.2, 0.25) is 0 Å². The van der Waals surface area contributed by atoms with E-state index in [0.29, 0.717) is 32.5 Å². The van der Waals surface area contributed by atoms with Crippen LogP contribution in [0.1, 0.15) is 18.5 Å². The summed E-state index contributed by atoms with van der Waals surface area (Å²) in [7, 11) is 0. The van der Waals surface area contributed by atoms with Gasteiger partial charge in [0.15, 0.2) is 6.10 Å². The number of hydrogen-bond acceptors (Lipinski definition) is 3. The van der Waals surface area contributed by atoms with E-state index in [2.05, 4.69) is 10.00 Å². The van der Waals surface area contributed by atoms with E-state index in [0.717, 1.165) is 11.4 Å². The Kier molecular flexibility index (Phi) is 4.91. The maximum absolute atomic E-state index is 12.6. The first-order valence-corrected chi connectivity index (χ1v) is 8.00. The highest BCUT2D eigenvalue weighted by Crippen LogP contribution is 2.31. The molecule has 1 aliphatic rings. The molecule has 2 heterocycles. The Bertz CT molecular complexity index is 649. The molecule has 4 nitrogen and oxygen atoms in total. The molecular formula is C17H20F3N3O. The predicted molar refractivity (Wildman–Crippen MR) is 83.6 cm³/mol. The van der Waals surface area contributed by atoms with Crippen molar-refractivity contribution in [2.75, 3.05) is 13.1 Å². The van der Waals surface area contributed by atoms with Gasteiger partial charge in [-0.1, -0.05) is 18.2 Å². The molecule has 24 heavy (non-hydrogen) atoms. The summed E-state index contributed by atoms with van der Waals surface area (Å²) in [4.78, 5) is 2.08. The van der Waals surface area contributed by atoms with E-state index in [1.807, 2.05) is 42.6 Å². The molecule has 0 spiro atoms. The third-order valence-corrected chi connectivity index (χ3v) is 4.46.